The summed E-state index contributed by atoms with van der Waals surface area (Å²) >= 11 is 11.7. The lowest BCUT2D eigenvalue weighted by molar-refractivity contribution is -0.384. The summed E-state index contributed by atoms with van der Waals surface area (Å²) in [4.78, 5) is 18.4. The third-order valence-corrected chi connectivity index (χ3v) is 3.03. The number of aromatic nitrogens is 2. The van der Waals surface area contributed by atoms with Crippen LogP contribution in [0.15, 0.2) is 24.3 Å². The Morgan fingerprint density at radius 3 is 2.67 bits per heavy atom. The minimum Gasteiger partial charge on any atom is -0.439 e. The van der Waals surface area contributed by atoms with Gasteiger partial charge in [-0.25, -0.2) is 4.98 Å². The molecule has 2 aromatic rings. The number of hydrogen-bond donors (Lipinski definition) is 0. The number of nitrogens with zero attached hydrogens (tertiary/aromatic N) is 3. The van der Waals surface area contributed by atoms with E-state index in [2.05, 4.69) is 9.97 Å². The standard InChI is InChI=1S/C13H11Cl2N3O3/c1-2-3-12-16-11(15)7-13(17-12)21-8-4-5-10(18(19)20)9(14)6-8/h4-7H,2-3H2,1H3. The minimum atomic E-state index is -0.562. The lowest BCUT2D eigenvalue weighted by Crippen LogP contribution is -1.98. The molecule has 110 valence electrons. The Kier molecular flexibility index (Phi) is 4.93. The molecule has 0 unspecified atom stereocenters. The first-order valence-corrected chi connectivity index (χ1v) is 6.90. The Hall–Kier alpha value is -1.92. The largest absolute Gasteiger partial charge is 0.439 e. The number of rotatable bonds is 5. The molecule has 1 aromatic carbocycles. The Labute approximate surface area is 130 Å². The van der Waals surface area contributed by atoms with Gasteiger partial charge >= 0.3 is 0 Å². The zero-order chi connectivity index (χ0) is 15.4. The number of aryl methyl sites for hydroxylation is 1. The van der Waals surface area contributed by atoms with Crippen molar-refractivity contribution in [1.82, 2.24) is 9.97 Å². The van der Waals surface area contributed by atoms with Crippen molar-refractivity contribution < 1.29 is 9.66 Å². The second-order valence-corrected chi connectivity index (χ2v) is 4.96. The van der Waals surface area contributed by atoms with Crippen molar-refractivity contribution in [2.24, 2.45) is 0 Å². The molecular weight excluding hydrogens is 317 g/mol. The number of benzene rings is 1. The van der Waals surface area contributed by atoms with Gasteiger partial charge in [-0.2, -0.15) is 4.98 Å². The average molecular weight is 328 g/mol. The van der Waals surface area contributed by atoms with Crippen LogP contribution in [-0.4, -0.2) is 14.9 Å². The van der Waals surface area contributed by atoms with Crippen LogP contribution >= 0.6 is 23.2 Å². The fourth-order valence-corrected chi connectivity index (χ4v) is 2.08. The molecule has 0 aliphatic carbocycles. The van der Waals surface area contributed by atoms with Gasteiger partial charge in [0.05, 0.1) is 4.92 Å². The SMILES string of the molecule is CCCc1nc(Cl)cc(Oc2ccc([N+](=O)[O-])c(Cl)c2)n1. The normalized spacial score (nSPS) is 10.4. The van der Waals surface area contributed by atoms with Crippen LogP contribution in [0.4, 0.5) is 5.69 Å². The van der Waals surface area contributed by atoms with E-state index >= 15 is 0 Å². The summed E-state index contributed by atoms with van der Waals surface area (Å²) < 4.78 is 5.52. The van der Waals surface area contributed by atoms with Gasteiger partial charge in [0.2, 0.25) is 5.88 Å². The molecule has 2 rings (SSSR count). The van der Waals surface area contributed by atoms with E-state index in [1.807, 2.05) is 6.92 Å². The maximum atomic E-state index is 10.7. The molecule has 0 saturated carbocycles. The molecule has 0 saturated heterocycles. The van der Waals surface area contributed by atoms with Crippen LogP contribution in [0.1, 0.15) is 19.2 Å². The summed E-state index contributed by atoms with van der Waals surface area (Å²) in [5, 5.41) is 11.0. The van der Waals surface area contributed by atoms with Gasteiger partial charge in [-0.3, -0.25) is 10.1 Å². The Balaban J connectivity index is 2.25. The van der Waals surface area contributed by atoms with Crippen molar-refractivity contribution in [2.45, 2.75) is 19.8 Å². The quantitative estimate of drug-likeness (QED) is 0.461. The van der Waals surface area contributed by atoms with Crippen molar-refractivity contribution in [2.75, 3.05) is 0 Å². The maximum absolute atomic E-state index is 10.7. The van der Waals surface area contributed by atoms with Crippen LogP contribution in [0.5, 0.6) is 11.6 Å². The van der Waals surface area contributed by atoms with Gasteiger partial charge in [0.15, 0.2) is 0 Å². The lowest BCUT2D eigenvalue weighted by atomic mass is 10.3. The van der Waals surface area contributed by atoms with E-state index in [1.54, 1.807) is 0 Å². The van der Waals surface area contributed by atoms with Crippen LogP contribution in [0.3, 0.4) is 0 Å². The van der Waals surface area contributed by atoms with Crippen LogP contribution in [0.2, 0.25) is 10.2 Å². The molecule has 1 aromatic heterocycles. The van der Waals surface area contributed by atoms with Crippen LogP contribution in [0.25, 0.3) is 0 Å². The minimum absolute atomic E-state index is 0.00793. The van der Waals surface area contributed by atoms with E-state index in [1.165, 1.54) is 24.3 Å². The van der Waals surface area contributed by atoms with E-state index < -0.39 is 4.92 Å². The maximum Gasteiger partial charge on any atom is 0.288 e. The smallest absolute Gasteiger partial charge is 0.288 e. The van der Waals surface area contributed by atoms with E-state index in [9.17, 15) is 10.1 Å². The lowest BCUT2D eigenvalue weighted by Gasteiger charge is -2.07. The third-order valence-electron chi connectivity index (χ3n) is 2.53. The highest BCUT2D eigenvalue weighted by molar-refractivity contribution is 6.32. The molecule has 21 heavy (non-hydrogen) atoms. The van der Waals surface area contributed by atoms with Crippen molar-refractivity contribution >= 4 is 28.9 Å². The highest BCUT2D eigenvalue weighted by Crippen LogP contribution is 2.30. The number of ether oxygens (including phenoxy) is 1. The summed E-state index contributed by atoms with van der Waals surface area (Å²) in [5.41, 5.74) is -0.184. The Morgan fingerprint density at radius 2 is 2.05 bits per heavy atom. The van der Waals surface area contributed by atoms with Gasteiger partial charge in [0, 0.05) is 24.6 Å². The first-order valence-electron chi connectivity index (χ1n) is 6.15. The zero-order valence-corrected chi connectivity index (χ0v) is 12.6. The predicted molar refractivity (Wildman–Crippen MR) is 79.2 cm³/mol. The molecule has 0 atom stereocenters. The van der Waals surface area contributed by atoms with Gasteiger partial charge in [0.1, 0.15) is 21.7 Å². The van der Waals surface area contributed by atoms with Crippen LogP contribution in [0, 0.1) is 10.1 Å². The molecule has 0 bridgehead atoms. The summed E-state index contributed by atoms with van der Waals surface area (Å²) in [7, 11) is 0. The molecule has 0 N–H and O–H groups in total. The fourth-order valence-electron chi connectivity index (χ4n) is 1.65. The van der Waals surface area contributed by atoms with Crippen molar-refractivity contribution in [3.05, 3.63) is 50.4 Å². The first kappa shape index (κ1) is 15.5. The molecule has 0 radical (unpaired) electrons. The molecular formula is C13H11Cl2N3O3. The molecule has 0 aliphatic rings. The van der Waals surface area contributed by atoms with Gasteiger partial charge in [-0.1, -0.05) is 30.1 Å². The predicted octanol–water partition coefficient (Wildman–Crippen LogP) is 4.44. The molecule has 0 aliphatic heterocycles. The molecule has 0 amide bonds. The van der Waals surface area contributed by atoms with E-state index in [-0.39, 0.29) is 21.7 Å². The van der Waals surface area contributed by atoms with E-state index in [4.69, 9.17) is 27.9 Å². The first-order chi connectivity index (χ1) is 9.99. The van der Waals surface area contributed by atoms with Gasteiger partial charge in [-0.05, 0) is 12.5 Å². The van der Waals surface area contributed by atoms with Crippen molar-refractivity contribution in [1.29, 1.82) is 0 Å². The topological polar surface area (TPSA) is 78.2 Å². The Bertz CT molecular complexity index is 680. The molecule has 1 heterocycles. The molecule has 8 heteroatoms. The van der Waals surface area contributed by atoms with Crippen LogP contribution in [-0.2, 0) is 6.42 Å². The van der Waals surface area contributed by atoms with Crippen molar-refractivity contribution in [3.63, 3.8) is 0 Å². The molecule has 0 fully saturated rings. The molecule has 6 nitrogen and oxygen atoms in total. The number of nitro benzene ring substituents is 1. The van der Waals surface area contributed by atoms with E-state index in [0.29, 0.717) is 18.0 Å². The highest BCUT2D eigenvalue weighted by Gasteiger charge is 2.13. The fraction of sp³-hybridized carbons (Fsp3) is 0.231. The van der Waals surface area contributed by atoms with Gasteiger partial charge < -0.3 is 4.74 Å². The monoisotopic (exact) mass is 327 g/mol. The number of nitro groups is 1. The average Bonchev–Trinajstić information content (AvgIpc) is 2.37. The Morgan fingerprint density at radius 1 is 1.29 bits per heavy atom. The summed E-state index contributed by atoms with van der Waals surface area (Å²) in [6, 6.07) is 5.54. The second-order valence-electron chi connectivity index (χ2n) is 4.17. The molecule has 0 spiro atoms. The summed E-state index contributed by atoms with van der Waals surface area (Å²) in [6.07, 6.45) is 1.56. The second kappa shape index (κ2) is 6.69. The number of hydrogen-bond acceptors (Lipinski definition) is 5. The van der Waals surface area contributed by atoms with Gasteiger partial charge in [-0.15, -0.1) is 0 Å². The van der Waals surface area contributed by atoms with E-state index in [0.717, 1.165) is 6.42 Å². The van der Waals surface area contributed by atoms with Gasteiger partial charge in [0.25, 0.3) is 5.69 Å². The third kappa shape index (κ3) is 4.03. The highest BCUT2D eigenvalue weighted by atomic mass is 35.5. The number of halogens is 2. The summed E-state index contributed by atoms with van der Waals surface area (Å²) in [6.45, 7) is 2.00. The summed E-state index contributed by atoms with van der Waals surface area (Å²) in [5.74, 6) is 1.18. The van der Waals surface area contributed by atoms with Crippen molar-refractivity contribution in [3.8, 4) is 11.6 Å². The van der Waals surface area contributed by atoms with Crippen LogP contribution < -0.4 is 4.74 Å². The zero-order valence-electron chi connectivity index (χ0n) is 11.0.